The van der Waals surface area contributed by atoms with Gasteiger partial charge in [-0.05, 0) is 39.8 Å². The first kappa shape index (κ1) is 12.5. The predicted octanol–water partition coefficient (Wildman–Crippen LogP) is 4.95. The van der Waals surface area contributed by atoms with Crippen molar-refractivity contribution in [1.29, 1.82) is 0 Å². The molecule has 25 heavy (non-hydrogen) atoms. The van der Waals surface area contributed by atoms with Crippen molar-refractivity contribution >= 4 is 11.3 Å². The molecule has 0 saturated carbocycles. The normalized spacial score (nSPS) is 14.3. The van der Waals surface area contributed by atoms with Crippen molar-refractivity contribution in [1.82, 2.24) is 19.1 Å². The Balaban J connectivity index is 2.16. The van der Waals surface area contributed by atoms with Gasteiger partial charge in [0.2, 0.25) is 0 Å². The van der Waals surface area contributed by atoms with Crippen LogP contribution in [0.15, 0.2) is 60.7 Å². The predicted molar refractivity (Wildman–Crippen MR) is 102 cm³/mol. The molecule has 0 spiro atoms. The van der Waals surface area contributed by atoms with Crippen LogP contribution in [-0.2, 0) is 5.54 Å². The van der Waals surface area contributed by atoms with Crippen molar-refractivity contribution in [2.45, 2.75) is 33.2 Å². The molecule has 0 unspecified atom stereocenters. The van der Waals surface area contributed by atoms with Crippen LogP contribution >= 0.6 is 0 Å². The molecule has 0 fully saturated rings. The molecule has 2 aromatic heterocycles. The van der Waals surface area contributed by atoms with Gasteiger partial charge in [0.05, 0.1) is 0 Å². The molecular formula is C21H22N4. The second kappa shape index (κ2) is 5.59. The Morgan fingerprint density at radius 1 is 0.880 bits per heavy atom. The van der Waals surface area contributed by atoms with Crippen molar-refractivity contribution in [2.75, 3.05) is 0 Å². The maximum atomic E-state index is 7.97. The van der Waals surface area contributed by atoms with Gasteiger partial charge in [-0.3, -0.25) is 4.57 Å². The number of aryl methyl sites for hydroxylation is 1. The minimum atomic E-state index is -2.33. The molecule has 2 heterocycles. The number of fused-ring (bicyclic) bond motifs is 1. The summed E-state index contributed by atoms with van der Waals surface area (Å²) in [4.78, 5) is 9.20. The smallest absolute Gasteiger partial charge is 0.198 e. The molecule has 0 N–H and O–H groups in total. The van der Waals surface area contributed by atoms with Gasteiger partial charge in [-0.25, -0.2) is 9.97 Å². The molecular weight excluding hydrogens is 308 g/mol. The van der Waals surface area contributed by atoms with Crippen LogP contribution in [0.5, 0.6) is 0 Å². The Bertz CT molecular complexity index is 1120. The highest BCUT2D eigenvalue weighted by molar-refractivity contribution is 5.78. The van der Waals surface area contributed by atoms with Crippen LogP contribution in [0.4, 0.5) is 0 Å². The monoisotopic (exact) mass is 333 g/mol. The highest BCUT2D eigenvalue weighted by Gasteiger charge is 2.26. The first-order chi connectivity index (χ1) is 13.2. The van der Waals surface area contributed by atoms with Gasteiger partial charge in [0.25, 0.3) is 0 Å². The Kier molecular flexibility index (Phi) is 2.79. The van der Waals surface area contributed by atoms with E-state index in [4.69, 9.17) is 9.10 Å². The number of hydrogen-bond donors (Lipinski definition) is 0. The van der Waals surface area contributed by atoms with Crippen LogP contribution < -0.4 is 0 Å². The third-order valence-electron chi connectivity index (χ3n) is 4.19. The summed E-state index contributed by atoms with van der Waals surface area (Å²) in [6, 6.07) is 19.7. The van der Waals surface area contributed by atoms with Crippen molar-refractivity contribution in [3.8, 4) is 17.1 Å². The number of hydrogen-bond acceptors (Lipinski definition) is 2. The van der Waals surface area contributed by atoms with E-state index in [1.54, 1.807) is 4.57 Å². The summed E-state index contributed by atoms with van der Waals surface area (Å²) in [6.45, 7) is 3.61. The van der Waals surface area contributed by atoms with E-state index in [1.165, 1.54) is 0 Å². The lowest BCUT2D eigenvalue weighted by Crippen LogP contribution is -2.24. The Morgan fingerprint density at radius 2 is 1.52 bits per heavy atom. The fraction of sp³-hybridized carbons (Fsp3) is 0.238. The molecule has 4 heteroatoms. The summed E-state index contributed by atoms with van der Waals surface area (Å²) in [5.41, 5.74) is 2.48. The molecule has 0 radical (unpaired) electrons. The van der Waals surface area contributed by atoms with Gasteiger partial charge in [0.15, 0.2) is 11.3 Å². The molecule has 0 bridgehead atoms. The van der Waals surface area contributed by atoms with Gasteiger partial charge in [-0.1, -0.05) is 48.5 Å². The van der Waals surface area contributed by atoms with E-state index in [0.29, 0.717) is 11.3 Å². The van der Waals surface area contributed by atoms with E-state index in [9.17, 15) is 0 Å². The number of rotatable bonds is 2. The van der Waals surface area contributed by atoms with Crippen molar-refractivity contribution in [3.63, 3.8) is 0 Å². The average Bonchev–Trinajstić information content (AvgIpc) is 3.18. The number of para-hydroxylation sites is 1. The van der Waals surface area contributed by atoms with Crippen molar-refractivity contribution in [3.05, 3.63) is 66.5 Å². The highest BCUT2D eigenvalue weighted by Crippen LogP contribution is 2.32. The zero-order chi connectivity index (χ0) is 20.1. The van der Waals surface area contributed by atoms with Gasteiger partial charge in [-0.2, -0.15) is 0 Å². The lowest BCUT2D eigenvalue weighted by Gasteiger charge is -2.24. The zero-order valence-corrected chi connectivity index (χ0v) is 14.6. The van der Waals surface area contributed by atoms with Gasteiger partial charge in [0, 0.05) is 20.9 Å². The molecule has 2 aromatic carbocycles. The standard InChI is InChI=1S/C21H22N4/c1-15-22-18-20(25(15)21(2,3)4)24(17-13-9-6-10-14-17)19(23-18)16-11-7-5-8-12-16/h5-14H,1-4H3/i1D3. The lowest BCUT2D eigenvalue weighted by molar-refractivity contribution is 0.396. The minimum absolute atomic E-state index is 0.0572. The molecule has 0 aliphatic heterocycles. The van der Waals surface area contributed by atoms with Crippen LogP contribution in [-0.4, -0.2) is 19.1 Å². The molecule has 4 rings (SSSR count). The van der Waals surface area contributed by atoms with Crippen molar-refractivity contribution < 1.29 is 4.11 Å². The van der Waals surface area contributed by atoms with E-state index in [2.05, 4.69) is 4.98 Å². The molecule has 0 aliphatic rings. The van der Waals surface area contributed by atoms with Gasteiger partial charge >= 0.3 is 0 Å². The van der Waals surface area contributed by atoms with E-state index in [-0.39, 0.29) is 5.82 Å². The van der Waals surface area contributed by atoms with Crippen LogP contribution in [0.2, 0.25) is 0 Å². The van der Waals surface area contributed by atoms with Gasteiger partial charge in [-0.15, -0.1) is 0 Å². The lowest BCUT2D eigenvalue weighted by atomic mass is 10.1. The summed E-state index contributed by atoms with van der Waals surface area (Å²) in [7, 11) is 0. The van der Waals surface area contributed by atoms with Crippen LogP contribution in [0.3, 0.4) is 0 Å². The van der Waals surface area contributed by atoms with Crippen LogP contribution in [0.25, 0.3) is 28.4 Å². The van der Waals surface area contributed by atoms with Crippen LogP contribution in [0.1, 0.15) is 30.7 Å². The summed E-state index contributed by atoms with van der Waals surface area (Å²) in [6.07, 6.45) is 0. The number of benzene rings is 2. The third kappa shape index (κ3) is 2.54. The second-order valence-electron chi connectivity index (χ2n) is 7.06. The zero-order valence-electron chi connectivity index (χ0n) is 17.6. The molecule has 0 saturated heterocycles. The maximum Gasteiger partial charge on any atom is 0.198 e. The fourth-order valence-electron chi connectivity index (χ4n) is 3.16. The topological polar surface area (TPSA) is 35.6 Å². The number of nitrogens with zero attached hydrogens (tertiary/aromatic N) is 4. The average molecular weight is 333 g/mol. The maximum absolute atomic E-state index is 7.97. The summed E-state index contributed by atoms with van der Waals surface area (Å²) in [5.74, 6) is 0.793. The number of aromatic nitrogens is 4. The minimum Gasteiger partial charge on any atom is -0.307 e. The highest BCUT2D eigenvalue weighted by atomic mass is 15.3. The first-order valence-corrected chi connectivity index (χ1v) is 8.31. The van der Waals surface area contributed by atoms with Gasteiger partial charge in [0.1, 0.15) is 11.6 Å². The molecule has 0 aliphatic carbocycles. The Hall–Kier alpha value is -2.88. The van der Waals surface area contributed by atoms with Gasteiger partial charge < -0.3 is 4.57 Å². The Morgan fingerprint density at radius 3 is 2.12 bits per heavy atom. The fourth-order valence-corrected chi connectivity index (χ4v) is 3.16. The van der Waals surface area contributed by atoms with E-state index in [1.807, 2.05) is 86.0 Å². The molecule has 4 nitrogen and oxygen atoms in total. The summed E-state index contributed by atoms with van der Waals surface area (Å²) < 4.78 is 27.7. The second-order valence-corrected chi connectivity index (χ2v) is 7.06. The number of imidazole rings is 2. The molecule has 126 valence electrons. The summed E-state index contributed by atoms with van der Waals surface area (Å²) >= 11 is 0. The first-order valence-electron chi connectivity index (χ1n) is 9.81. The largest absolute Gasteiger partial charge is 0.307 e. The van der Waals surface area contributed by atoms with Crippen LogP contribution in [0, 0.1) is 6.85 Å². The SMILES string of the molecule is [2H]C([2H])([2H])c1nc2nc(-c3ccccc3)n(-c3ccccc3)c2n1C(C)(C)C. The molecule has 0 amide bonds. The quantitative estimate of drug-likeness (QED) is 0.520. The van der Waals surface area contributed by atoms with E-state index >= 15 is 0 Å². The third-order valence-corrected chi connectivity index (χ3v) is 4.19. The molecule has 0 atom stereocenters. The van der Waals surface area contributed by atoms with Crippen molar-refractivity contribution in [2.24, 2.45) is 0 Å². The Labute approximate surface area is 152 Å². The molecule has 4 aromatic rings. The van der Waals surface area contributed by atoms with E-state index in [0.717, 1.165) is 17.1 Å². The van der Waals surface area contributed by atoms with E-state index < -0.39 is 12.4 Å². The summed E-state index contributed by atoms with van der Waals surface area (Å²) in [5, 5.41) is 0.